The smallest absolute Gasteiger partial charge is 0.323 e. The Labute approximate surface area is 107 Å². The molecule has 0 spiro atoms. The Morgan fingerprint density at radius 3 is 2.39 bits per heavy atom. The van der Waals surface area contributed by atoms with Crippen LogP contribution in [0.4, 0.5) is 4.79 Å². The maximum Gasteiger partial charge on any atom is 0.323 e. The third-order valence-corrected chi connectivity index (χ3v) is 2.26. The number of aliphatic carboxylic acids is 1. The van der Waals surface area contributed by atoms with Gasteiger partial charge in [-0.1, -0.05) is 0 Å². The maximum atomic E-state index is 12.0. The van der Waals surface area contributed by atoms with Crippen molar-refractivity contribution in [1.29, 1.82) is 0 Å². The Bertz CT molecular complexity index is 260. The van der Waals surface area contributed by atoms with Crippen LogP contribution in [0.5, 0.6) is 0 Å². The van der Waals surface area contributed by atoms with Crippen LogP contribution < -0.4 is 0 Å². The van der Waals surface area contributed by atoms with Crippen LogP contribution >= 0.6 is 0 Å². The summed E-state index contributed by atoms with van der Waals surface area (Å²) < 4.78 is 10.00. The number of hydrogen-bond acceptors (Lipinski definition) is 4. The lowest BCUT2D eigenvalue weighted by Crippen LogP contribution is -2.46. The van der Waals surface area contributed by atoms with Gasteiger partial charge in [0.25, 0.3) is 0 Å². The molecule has 0 radical (unpaired) electrons. The van der Waals surface area contributed by atoms with Crippen LogP contribution in [0.3, 0.4) is 0 Å². The second kappa shape index (κ2) is 9.67. The highest BCUT2D eigenvalue weighted by molar-refractivity contribution is 5.80. The Morgan fingerprint density at radius 2 is 1.89 bits per heavy atom. The van der Waals surface area contributed by atoms with Crippen molar-refractivity contribution in [2.45, 2.75) is 6.92 Å². The molecule has 18 heavy (non-hydrogen) atoms. The van der Waals surface area contributed by atoms with Crippen molar-refractivity contribution in [2.75, 3.05) is 53.6 Å². The van der Waals surface area contributed by atoms with Crippen molar-refractivity contribution in [3.63, 3.8) is 0 Å². The number of carbonyl (C=O) groups is 2. The van der Waals surface area contributed by atoms with Crippen molar-refractivity contribution < 1.29 is 24.2 Å². The highest BCUT2D eigenvalue weighted by atomic mass is 16.5. The number of carboxylic acids is 1. The van der Waals surface area contributed by atoms with Gasteiger partial charge in [-0.25, -0.2) is 4.79 Å². The van der Waals surface area contributed by atoms with E-state index in [-0.39, 0.29) is 19.1 Å². The summed E-state index contributed by atoms with van der Waals surface area (Å²) in [5.74, 6) is -1.04. The molecule has 0 aromatic rings. The highest BCUT2D eigenvalue weighted by Crippen LogP contribution is 1.97. The van der Waals surface area contributed by atoms with Gasteiger partial charge in [0.15, 0.2) is 0 Å². The molecule has 7 nitrogen and oxygen atoms in total. The largest absolute Gasteiger partial charge is 0.480 e. The van der Waals surface area contributed by atoms with Crippen LogP contribution in [0.15, 0.2) is 0 Å². The minimum absolute atomic E-state index is 0.251. The SMILES string of the molecule is CCOCCN(C)C(=O)N(CCOC)CC(=O)O. The lowest BCUT2D eigenvalue weighted by Gasteiger charge is -2.26. The predicted octanol–water partition coefficient (Wildman–Crippen LogP) is 0.108. The van der Waals surface area contributed by atoms with E-state index in [4.69, 9.17) is 14.6 Å². The number of carbonyl (C=O) groups excluding carboxylic acids is 1. The molecule has 0 aliphatic heterocycles. The summed E-state index contributed by atoms with van der Waals surface area (Å²) in [6.07, 6.45) is 0. The van der Waals surface area contributed by atoms with E-state index in [1.807, 2.05) is 6.92 Å². The van der Waals surface area contributed by atoms with Crippen molar-refractivity contribution in [3.05, 3.63) is 0 Å². The molecular weight excluding hydrogens is 240 g/mol. The number of amides is 2. The normalized spacial score (nSPS) is 10.2. The fourth-order valence-corrected chi connectivity index (χ4v) is 1.29. The van der Waals surface area contributed by atoms with E-state index in [1.165, 1.54) is 16.9 Å². The zero-order valence-corrected chi connectivity index (χ0v) is 11.2. The van der Waals surface area contributed by atoms with Gasteiger partial charge in [0.05, 0.1) is 13.2 Å². The lowest BCUT2D eigenvalue weighted by atomic mass is 10.4. The fourth-order valence-electron chi connectivity index (χ4n) is 1.29. The molecule has 0 aromatic carbocycles. The quantitative estimate of drug-likeness (QED) is 0.596. The summed E-state index contributed by atoms with van der Waals surface area (Å²) in [6.45, 7) is 3.54. The van der Waals surface area contributed by atoms with Gasteiger partial charge >= 0.3 is 12.0 Å². The summed E-state index contributed by atoms with van der Waals surface area (Å²) in [6, 6.07) is -0.339. The molecule has 106 valence electrons. The first-order valence-corrected chi connectivity index (χ1v) is 5.81. The first kappa shape index (κ1) is 16.7. The zero-order valence-electron chi connectivity index (χ0n) is 11.2. The third-order valence-electron chi connectivity index (χ3n) is 2.26. The molecular formula is C11H22N2O5. The number of likely N-dealkylation sites (N-methyl/N-ethyl adjacent to an activating group) is 1. The molecule has 0 saturated carbocycles. The summed E-state index contributed by atoms with van der Waals surface area (Å²) in [7, 11) is 3.12. The molecule has 0 saturated heterocycles. The maximum absolute atomic E-state index is 12.0. The minimum atomic E-state index is -1.04. The summed E-state index contributed by atoms with van der Waals surface area (Å²) in [4.78, 5) is 25.3. The van der Waals surface area contributed by atoms with Crippen LogP contribution in [-0.4, -0.2) is 80.5 Å². The molecule has 0 atom stereocenters. The molecule has 1 N–H and O–H groups in total. The lowest BCUT2D eigenvalue weighted by molar-refractivity contribution is -0.137. The van der Waals surface area contributed by atoms with Crippen molar-refractivity contribution >= 4 is 12.0 Å². The zero-order chi connectivity index (χ0) is 14.0. The molecule has 0 aliphatic rings. The number of methoxy groups -OCH3 is 1. The van der Waals surface area contributed by atoms with Crippen LogP contribution in [0, 0.1) is 0 Å². The van der Waals surface area contributed by atoms with Gasteiger partial charge in [-0.3, -0.25) is 4.79 Å². The number of carboxylic acid groups (broad SMARTS) is 1. The Balaban J connectivity index is 4.28. The van der Waals surface area contributed by atoms with Gasteiger partial charge in [-0.15, -0.1) is 0 Å². The Hall–Kier alpha value is -1.34. The Morgan fingerprint density at radius 1 is 1.22 bits per heavy atom. The minimum Gasteiger partial charge on any atom is -0.480 e. The van der Waals surface area contributed by atoms with Gasteiger partial charge in [0.2, 0.25) is 0 Å². The van der Waals surface area contributed by atoms with Gasteiger partial charge in [-0.05, 0) is 6.92 Å². The molecule has 0 rings (SSSR count). The predicted molar refractivity (Wildman–Crippen MR) is 65.6 cm³/mol. The molecule has 0 fully saturated rings. The topological polar surface area (TPSA) is 79.3 Å². The van der Waals surface area contributed by atoms with Crippen LogP contribution in [0.1, 0.15) is 6.92 Å². The second-order valence-electron chi connectivity index (χ2n) is 3.71. The van der Waals surface area contributed by atoms with Crippen molar-refractivity contribution in [2.24, 2.45) is 0 Å². The molecule has 7 heteroatoms. The van der Waals surface area contributed by atoms with Gasteiger partial charge in [-0.2, -0.15) is 0 Å². The number of urea groups is 1. The monoisotopic (exact) mass is 262 g/mol. The van der Waals surface area contributed by atoms with E-state index in [2.05, 4.69) is 0 Å². The third kappa shape index (κ3) is 7.08. The fraction of sp³-hybridized carbons (Fsp3) is 0.818. The van der Waals surface area contributed by atoms with E-state index >= 15 is 0 Å². The second-order valence-corrected chi connectivity index (χ2v) is 3.71. The molecule has 2 amide bonds. The molecule has 0 bridgehead atoms. The van der Waals surface area contributed by atoms with Crippen LogP contribution in [0.2, 0.25) is 0 Å². The van der Waals surface area contributed by atoms with E-state index in [0.29, 0.717) is 26.4 Å². The number of rotatable bonds is 9. The average Bonchev–Trinajstić information content (AvgIpc) is 2.33. The number of ether oxygens (including phenoxy) is 2. The molecule has 0 unspecified atom stereocenters. The van der Waals surface area contributed by atoms with E-state index in [1.54, 1.807) is 7.05 Å². The summed E-state index contributed by atoms with van der Waals surface area (Å²) in [5, 5.41) is 8.75. The number of hydrogen-bond donors (Lipinski definition) is 1. The first-order chi connectivity index (χ1) is 8.52. The van der Waals surface area contributed by atoms with Crippen LogP contribution in [0.25, 0.3) is 0 Å². The van der Waals surface area contributed by atoms with Gasteiger partial charge in [0.1, 0.15) is 6.54 Å². The van der Waals surface area contributed by atoms with E-state index in [0.717, 1.165) is 0 Å². The molecule has 0 aromatic heterocycles. The molecule has 0 aliphatic carbocycles. The van der Waals surface area contributed by atoms with E-state index in [9.17, 15) is 9.59 Å². The standard InChI is InChI=1S/C11H22N2O5/c1-4-18-8-5-12(2)11(16)13(6-7-17-3)9-10(14)15/h4-9H2,1-3H3,(H,14,15). The van der Waals surface area contributed by atoms with E-state index < -0.39 is 5.97 Å². The van der Waals surface area contributed by atoms with Crippen LogP contribution in [-0.2, 0) is 14.3 Å². The van der Waals surface area contributed by atoms with Gasteiger partial charge < -0.3 is 24.4 Å². The van der Waals surface area contributed by atoms with Crippen molar-refractivity contribution in [1.82, 2.24) is 9.80 Å². The Kier molecular flexibility index (Phi) is 8.95. The average molecular weight is 262 g/mol. The van der Waals surface area contributed by atoms with Gasteiger partial charge in [0, 0.05) is 33.9 Å². The number of nitrogens with zero attached hydrogens (tertiary/aromatic N) is 2. The summed E-state index contributed by atoms with van der Waals surface area (Å²) in [5.41, 5.74) is 0. The van der Waals surface area contributed by atoms with Crippen molar-refractivity contribution in [3.8, 4) is 0 Å². The highest BCUT2D eigenvalue weighted by Gasteiger charge is 2.19. The summed E-state index contributed by atoms with van der Waals surface area (Å²) >= 11 is 0. The first-order valence-electron chi connectivity index (χ1n) is 5.81. The molecule has 0 heterocycles.